The molecule has 200 valence electrons. The number of hydrogen-bond donors (Lipinski definition) is 1. The molecular weight excluding hydrogens is 510 g/mol. The number of aromatic nitrogens is 1. The summed E-state index contributed by atoms with van der Waals surface area (Å²) in [7, 11) is 2.15. The van der Waals surface area contributed by atoms with E-state index in [0.29, 0.717) is 0 Å². The van der Waals surface area contributed by atoms with Gasteiger partial charge in [-0.05, 0) is 71.4 Å². The number of aryl methyl sites for hydroxylation is 1. The lowest BCUT2D eigenvalue weighted by molar-refractivity contribution is 1.01. The van der Waals surface area contributed by atoms with Gasteiger partial charge in [-0.15, -0.1) is 0 Å². The summed E-state index contributed by atoms with van der Waals surface area (Å²) in [5.41, 5.74) is 8.02. The standard InChI is InChI=1S/C39H29N3/c1-41-37-18-7-6-16-34(37)35-26-31(24-25-38(35)41)42(39-19-9-13-28-11-3-5-15-33(28)39)30-22-20-29(21-23-30)40-36-17-8-12-27-10-2-4-14-32(27)36/h2-26,40H,1H3. The molecule has 0 amide bonds. The lowest BCUT2D eigenvalue weighted by Gasteiger charge is -2.27. The van der Waals surface area contributed by atoms with Crippen LogP contribution in [-0.2, 0) is 7.05 Å². The summed E-state index contributed by atoms with van der Waals surface area (Å²) in [6.45, 7) is 0. The minimum Gasteiger partial charge on any atom is -0.355 e. The highest BCUT2D eigenvalue weighted by atomic mass is 15.1. The molecule has 1 aromatic heterocycles. The van der Waals surface area contributed by atoms with Crippen molar-refractivity contribution in [3.05, 3.63) is 152 Å². The maximum Gasteiger partial charge on any atom is 0.0540 e. The van der Waals surface area contributed by atoms with Gasteiger partial charge >= 0.3 is 0 Å². The second-order valence-corrected chi connectivity index (χ2v) is 10.8. The largest absolute Gasteiger partial charge is 0.355 e. The van der Waals surface area contributed by atoms with Crippen LogP contribution < -0.4 is 10.2 Å². The molecule has 7 aromatic carbocycles. The first-order chi connectivity index (χ1) is 20.7. The minimum absolute atomic E-state index is 1.05. The molecule has 0 saturated heterocycles. The summed E-state index contributed by atoms with van der Waals surface area (Å²) in [5, 5.41) is 11.1. The van der Waals surface area contributed by atoms with Gasteiger partial charge in [0, 0.05) is 62.4 Å². The van der Waals surface area contributed by atoms with Crippen LogP contribution in [0.25, 0.3) is 43.4 Å². The van der Waals surface area contributed by atoms with Crippen LogP contribution in [-0.4, -0.2) is 4.57 Å². The van der Waals surface area contributed by atoms with Crippen molar-refractivity contribution in [1.29, 1.82) is 0 Å². The third-order valence-electron chi connectivity index (χ3n) is 8.36. The summed E-state index contributed by atoms with van der Waals surface area (Å²) >= 11 is 0. The molecule has 1 N–H and O–H groups in total. The van der Waals surface area contributed by atoms with Gasteiger partial charge in [-0.1, -0.05) is 91.0 Å². The Bertz CT molecular complexity index is 2230. The van der Waals surface area contributed by atoms with Gasteiger partial charge in [0.05, 0.1) is 5.69 Å². The summed E-state index contributed by atoms with van der Waals surface area (Å²) in [5.74, 6) is 0. The Labute approximate surface area is 244 Å². The fraction of sp³-hybridized carbons (Fsp3) is 0.0256. The first-order valence-electron chi connectivity index (χ1n) is 14.3. The van der Waals surface area contributed by atoms with Gasteiger partial charge in [-0.3, -0.25) is 0 Å². The van der Waals surface area contributed by atoms with Crippen molar-refractivity contribution in [2.45, 2.75) is 0 Å². The highest BCUT2D eigenvalue weighted by Gasteiger charge is 2.17. The van der Waals surface area contributed by atoms with Crippen molar-refractivity contribution >= 4 is 71.8 Å². The molecule has 0 aliphatic heterocycles. The molecule has 3 heteroatoms. The third kappa shape index (κ3) is 3.98. The zero-order chi connectivity index (χ0) is 28.0. The van der Waals surface area contributed by atoms with E-state index in [9.17, 15) is 0 Å². The maximum absolute atomic E-state index is 3.65. The first kappa shape index (κ1) is 24.3. The highest BCUT2D eigenvalue weighted by Crippen LogP contribution is 2.41. The van der Waals surface area contributed by atoms with Gasteiger partial charge in [-0.25, -0.2) is 0 Å². The Balaban J connectivity index is 1.27. The Morgan fingerprint density at radius 2 is 1.07 bits per heavy atom. The summed E-state index contributed by atoms with van der Waals surface area (Å²) in [6.07, 6.45) is 0. The number of fused-ring (bicyclic) bond motifs is 5. The quantitative estimate of drug-likeness (QED) is 0.235. The van der Waals surface area contributed by atoms with Crippen LogP contribution in [0.4, 0.5) is 28.4 Å². The van der Waals surface area contributed by atoms with Gasteiger partial charge < -0.3 is 14.8 Å². The predicted octanol–water partition coefficient (Wildman–Crippen LogP) is 10.9. The number of nitrogens with zero attached hydrogens (tertiary/aromatic N) is 2. The van der Waals surface area contributed by atoms with E-state index in [1.165, 1.54) is 43.4 Å². The fourth-order valence-corrected chi connectivity index (χ4v) is 6.31. The van der Waals surface area contributed by atoms with Gasteiger partial charge in [0.2, 0.25) is 0 Å². The molecule has 8 rings (SSSR count). The van der Waals surface area contributed by atoms with E-state index in [1.807, 2.05) is 0 Å². The molecule has 42 heavy (non-hydrogen) atoms. The monoisotopic (exact) mass is 539 g/mol. The van der Waals surface area contributed by atoms with Gasteiger partial charge in [-0.2, -0.15) is 0 Å². The van der Waals surface area contributed by atoms with Crippen molar-refractivity contribution in [2.24, 2.45) is 7.05 Å². The average molecular weight is 540 g/mol. The molecule has 0 aliphatic carbocycles. The first-order valence-corrected chi connectivity index (χ1v) is 14.3. The zero-order valence-electron chi connectivity index (χ0n) is 23.3. The number of para-hydroxylation sites is 1. The second kappa shape index (κ2) is 9.83. The SMILES string of the molecule is Cn1c2ccccc2c2cc(N(c3ccc(Nc4cccc5ccccc45)cc3)c3cccc4ccccc34)ccc21. The molecule has 0 bridgehead atoms. The summed E-state index contributed by atoms with van der Waals surface area (Å²) in [4.78, 5) is 2.38. The van der Waals surface area contributed by atoms with Crippen LogP contribution in [0.3, 0.4) is 0 Å². The lowest BCUT2D eigenvalue weighted by Crippen LogP contribution is -2.10. The van der Waals surface area contributed by atoms with Gasteiger partial charge in [0.1, 0.15) is 0 Å². The van der Waals surface area contributed by atoms with E-state index in [-0.39, 0.29) is 0 Å². The normalized spacial score (nSPS) is 11.5. The van der Waals surface area contributed by atoms with E-state index in [0.717, 1.165) is 28.4 Å². The maximum atomic E-state index is 3.65. The van der Waals surface area contributed by atoms with Crippen LogP contribution in [0.2, 0.25) is 0 Å². The Morgan fingerprint density at radius 3 is 1.88 bits per heavy atom. The number of hydrogen-bond acceptors (Lipinski definition) is 2. The number of rotatable bonds is 5. The van der Waals surface area contributed by atoms with Crippen LogP contribution in [0.1, 0.15) is 0 Å². The lowest BCUT2D eigenvalue weighted by atomic mass is 10.1. The number of nitrogens with one attached hydrogen (secondary N) is 1. The Kier molecular flexibility index (Phi) is 5.68. The summed E-state index contributed by atoms with van der Waals surface area (Å²) < 4.78 is 2.28. The smallest absolute Gasteiger partial charge is 0.0540 e. The summed E-state index contributed by atoms with van der Waals surface area (Å²) in [6, 6.07) is 54.3. The fourth-order valence-electron chi connectivity index (χ4n) is 6.31. The van der Waals surface area contributed by atoms with Crippen molar-refractivity contribution in [3.8, 4) is 0 Å². The van der Waals surface area contributed by atoms with E-state index in [2.05, 4.69) is 173 Å². The second-order valence-electron chi connectivity index (χ2n) is 10.8. The van der Waals surface area contributed by atoms with Crippen LogP contribution in [0.5, 0.6) is 0 Å². The Hall–Kier alpha value is -5.54. The molecule has 0 unspecified atom stereocenters. The van der Waals surface area contributed by atoms with E-state index in [1.54, 1.807) is 0 Å². The molecule has 0 radical (unpaired) electrons. The third-order valence-corrected chi connectivity index (χ3v) is 8.36. The molecule has 0 spiro atoms. The molecule has 0 atom stereocenters. The van der Waals surface area contributed by atoms with Crippen molar-refractivity contribution < 1.29 is 0 Å². The van der Waals surface area contributed by atoms with Crippen molar-refractivity contribution in [3.63, 3.8) is 0 Å². The molecule has 0 fully saturated rings. The highest BCUT2D eigenvalue weighted by molar-refractivity contribution is 6.10. The van der Waals surface area contributed by atoms with Crippen molar-refractivity contribution in [2.75, 3.05) is 10.2 Å². The van der Waals surface area contributed by atoms with E-state index in [4.69, 9.17) is 0 Å². The predicted molar refractivity (Wildman–Crippen MR) is 180 cm³/mol. The minimum atomic E-state index is 1.05. The van der Waals surface area contributed by atoms with Gasteiger partial charge in [0.25, 0.3) is 0 Å². The van der Waals surface area contributed by atoms with Crippen LogP contribution in [0, 0.1) is 0 Å². The van der Waals surface area contributed by atoms with Crippen molar-refractivity contribution in [1.82, 2.24) is 4.57 Å². The molecular formula is C39H29N3. The molecule has 3 nitrogen and oxygen atoms in total. The topological polar surface area (TPSA) is 20.2 Å². The molecule has 8 aromatic rings. The average Bonchev–Trinajstić information content (AvgIpc) is 3.33. The van der Waals surface area contributed by atoms with Crippen LogP contribution in [0.15, 0.2) is 152 Å². The van der Waals surface area contributed by atoms with Gasteiger partial charge in [0.15, 0.2) is 0 Å². The molecule has 0 saturated carbocycles. The van der Waals surface area contributed by atoms with E-state index < -0.39 is 0 Å². The van der Waals surface area contributed by atoms with Crippen LogP contribution >= 0.6 is 0 Å². The number of anilines is 5. The molecule has 1 heterocycles. The Morgan fingerprint density at radius 1 is 0.476 bits per heavy atom. The van der Waals surface area contributed by atoms with E-state index >= 15 is 0 Å². The molecule has 0 aliphatic rings. The number of benzene rings is 7. The zero-order valence-corrected chi connectivity index (χ0v) is 23.3.